The molecule has 1 amide bonds. The first kappa shape index (κ1) is 24.0. The number of piperazine rings is 1. The number of nitrogens with zero attached hydrogens (tertiary/aromatic N) is 4. The zero-order valence-corrected chi connectivity index (χ0v) is 20.7. The molecule has 0 bridgehead atoms. The maximum atomic E-state index is 14.2. The van der Waals surface area contributed by atoms with E-state index in [4.69, 9.17) is 9.84 Å². The van der Waals surface area contributed by atoms with Gasteiger partial charge in [0.25, 0.3) is 5.91 Å². The Morgan fingerprint density at radius 3 is 2.50 bits per heavy atom. The first-order valence-electron chi connectivity index (χ1n) is 12.3. The van der Waals surface area contributed by atoms with Crippen molar-refractivity contribution in [2.24, 2.45) is 5.10 Å². The van der Waals surface area contributed by atoms with Crippen LogP contribution in [0.5, 0.6) is 5.75 Å². The minimum absolute atomic E-state index is 0.0273. The third-order valence-electron chi connectivity index (χ3n) is 7.04. The molecule has 3 aromatic rings. The van der Waals surface area contributed by atoms with Crippen LogP contribution in [0.3, 0.4) is 0 Å². The average molecular weight is 487 g/mol. The number of rotatable bonds is 6. The molecule has 7 heteroatoms. The third-order valence-corrected chi connectivity index (χ3v) is 7.04. The van der Waals surface area contributed by atoms with E-state index < -0.39 is 0 Å². The van der Waals surface area contributed by atoms with E-state index in [9.17, 15) is 9.18 Å². The molecule has 5 rings (SSSR count). The fraction of sp³-hybridized carbons (Fsp3) is 0.310. The zero-order chi connectivity index (χ0) is 25.1. The lowest BCUT2D eigenvalue weighted by atomic mass is 9.95. The van der Waals surface area contributed by atoms with E-state index in [1.54, 1.807) is 18.2 Å². The molecule has 0 aliphatic carbocycles. The van der Waals surface area contributed by atoms with Gasteiger partial charge in [-0.15, -0.1) is 0 Å². The van der Waals surface area contributed by atoms with Crippen LogP contribution in [-0.4, -0.2) is 61.4 Å². The van der Waals surface area contributed by atoms with Gasteiger partial charge in [0, 0.05) is 38.2 Å². The van der Waals surface area contributed by atoms with E-state index in [1.165, 1.54) is 6.07 Å². The Bertz CT molecular complexity index is 1270. The normalized spacial score (nSPS) is 18.3. The summed E-state index contributed by atoms with van der Waals surface area (Å²) in [6.45, 7) is 5.08. The SMILES string of the molecule is COc1cccc(C2=NN(C(=O)CN3CCN(c4ccccc4F)CC3)[C@H](c3ccccc3C)C2)c1. The van der Waals surface area contributed by atoms with Gasteiger partial charge in [-0.05, 0) is 42.3 Å². The van der Waals surface area contributed by atoms with E-state index in [1.807, 2.05) is 53.4 Å². The smallest absolute Gasteiger partial charge is 0.257 e. The van der Waals surface area contributed by atoms with Crippen molar-refractivity contribution in [3.63, 3.8) is 0 Å². The molecule has 186 valence electrons. The fourth-order valence-corrected chi connectivity index (χ4v) is 5.04. The number of hydrogen-bond donors (Lipinski definition) is 0. The molecule has 0 radical (unpaired) electrons. The molecule has 36 heavy (non-hydrogen) atoms. The van der Waals surface area contributed by atoms with Crippen LogP contribution in [0.25, 0.3) is 0 Å². The number of carbonyl (C=O) groups is 1. The number of carbonyl (C=O) groups excluding carboxylic acids is 1. The highest BCUT2D eigenvalue weighted by atomic mass is 19.1. The lowest BCUT2D eigenvalue weighted by Crippen LogP contribution is -2.49. The number of methoxy groups -OCH3 is 1. The summed E-state index contributed by atoms with van der Waals surface area (Å²) in [7, 11) is 1.65. The molecule has 2 aliphatic heterocycles. The molecule has 0 aromatic heterocycles. The number of ether oxygens (including phenoxy) is 1. The second kappa shape index (κ2) is 10.5. The summed E-state index contributed by atoms with van der Waals surface area (Å²) in [6.07, 6.45) is 0.644. The number of aryl methyl sites for hydroxylation is 1. The predicted octanol–water partition coefficient (Wildman–Crippen LogP) is 4.64. The third kappa shape index (κ3) is 4.97. The summed E-state index contributed by atoms with van der Waals surface area (Å²) in [5.74, 6) is 0.528. The lowest BCUT2D eigenvalue weighted by molar-refractivity contribution is -0.134. The molecule has 3 aromatic carbocycles. The minimum Gasteiger partial charge on any atom is -0.497 e. The topological polar surface area (TPSA) is 48.4 Å². The van der Waals surface area contributed by atoms with Crippen LogP contribution in [0.4, 0.5) is 10.1 Å². The van der Waals surface area contributed by atoms with Crippen molar-refractivity contribution in [1.82, 2.24) is 9.91 Å². The lowest BCUT2D eigenvalue weighted by Gasteiger charge is -2.36. The fourth-order valence-electron chi connectivity index (χ4n) is 5.04. The molecule has 1 fully saturated rings. The monoisotopic (exact) mass is 486 g/mol. The van der Waals surface area contributed by atoms with Crippen molar-refractivity contribution < 1.29 is 13.9 Å². The van der Waals surface area contributed by atoms with Gasteiger partial charge in [0.2, 0.25) is 0 Å². The maximum absolute atomic E-state index is 14.2. The molecule has 0 saturated carbocycles. The standard InChI is InChI=1S/C29H31FN4O2/c1-21-8-3-4-11-24(21)28-19-26(22-9-7-10-23(18-22)36-2)31-34(28)29(35)20-32-14-16-33(17-15-32)27-13-6-5-12-25(27)30/h3-13,18,28H,14-17,19-20H2,1-2H3/t28-/m0/s1. The molecule has 0 unspecified atom stereocenters. The summed E-state index contributed by atoms with van der Waals surface area (Å²) in [4.78, 5) is 17.8. The van der Waals surface area contributed by atoms with E-state index in [0.29, 0.717) is 38.3 Å². The highest BCUT2D eigenvalue weighted by Crippen LogP contribution is 2.35. The first-order valence-corrected chi connectivity index (χ1v) is 12.3. The first-order chi connectivity index (χ1) is 17.5. The predicted molar refractivity (Wildman–Crippen MR) is 140 cm³/mol. The molecule has 2 heterocycles. The molecule has 1 saturated heterocycles. The summed E-state index contributed by atoms with van der Waals surface area (Å²) < 4.78 is 19.6. The molecule has 1 atom stereocenters. The van der Waals surface area contributed by atoms with Crippen molar-refractivity contribution in [3.8, 4) is 5.75 Å². The van der Waals surface area contributed by atoms with Crippen LogP contribution in [0.1, 0.15) is 29.2 Å². The molecular formula is C29H31FN4O2. The van der Waals surface area contributed by atoms with Crippen LogP contribution in [0.15, 0.2) is 77.9 Å². The number of halogens is 1. The molecule has 2 aliphatic rings. The van der Waals surface area contributed by atoms with Gasteiger partial charge in [-0.25, -0.2) is 9.40 Å². The Morgan fingerprint density at radius 2 is 1.75 bits per heavy atom. The number of para-hydroxylation sites is 1. The number of hydrazone groups is 1. The molecule has 0 N–H and O–H groups in total. The maximum Gasteiger partial charge on any atom is 0.257 e. The molecular weight excluding hydrogens is 455 g/mol. The summed E-state index contributed by atoms with van der Waals surface area (Å²) in [6, 6.07) is 22.7. The highest BCUT2D eigenvalue weighted by Gasteiger charge is 2.35. The summed E-state index contributed by atoms with van der Waals surface area (Å²) >= 11 is 0. The van der Waals surface area contributed by atoms with Crippen LogP contribution in [0.2, 0.25) is 0 Å². The van der Waals surface area contributed by atoms with Crippen LogP contribution in [0, 0.1) is 12.7 Å². The summed E-state index contributed by atoms with van der Waals surface area (Å²) in [5.41, 5.74) is 4.70. The largest absolute Gasteiger partial charge is 0.497 e. The van der Waals surface area contributed by atoms with Crippen LogP contribution < -0.4 is 9.64 Å². The van der Waals surface area contributed by atoms with E-state index in [0.717, 1.165) is 28.2 Å². The van der Waals surface area contributed by atoms with Gasteiger partial charge in [0.15, 0.2) is 0 Å². The molecule has 0 spiro atoms. The highest BCUT2D eigenvalue weighted by molar-refractivity contribution is 6.03. The van der Waals surface area contributed by atoms with Gasteiger partial charge in [-0.2, -0.15) is 5.10 Å². The quantitative estimate of drug-likeness (QED) is 0.509. The molecule has 6 nitrogen and oxygen atoms in total. The Labute approximate surface area is 211 Å². The van der Waals surface area contributed by atoms with E-state index in [2.05, 4.69) is 24.0 Å². The Hall–Kier alpha value is -3.71. The van der Waals surface area contributed by atoms with Crippen molar-refractivity contribution in [3.05, 3.63) is 95.3 Å². The van der Waals surface area contributed by atoms with Gasteiger partial charge in [-0.1, -0.05) is 48.5 Å². The van der Waals surface area contributed by atoms with E-state index in [-0.39, 0.29) is 24.3 Å². The van der Waals surface area contributed by atoms with Gasteiger partial charge >= 0.3 is 0 Å². The Kier molecular flexibility index (Phi) is 7.00. The second-order valence-electron chi connectivity index (χ2n) is 9.31. The Morgan fingerprint density at radius 1 is 1.00 bits per heavy atom. The van der Waals surface area contributed by atoms with Gasteiger partial charge in [-0.3, -0.25) is 9.69 Å². The number of hydrogen-bond acceptors (Lipinski definition) is 5. The van der Waals surface area contributed by atoms with Crippen LogP contribution in [-0.2, 0) is 4.79 Å². The van der Waals surface area contributed by atoms with Crippen molar-refractivity contribution in [2.45, 2.75) is 19.4 Å². The number of benzene rings is 3. The number of amides is 1. The second-order valence-corrected chi connectivity index (χ2v) is 9.31. The zero-order valence-electron chi connectivity index (χ0n) is 20.7. The summed E-state index contributed by atoms with van der Waals surface area (Å²) in [5, 5.41) is 6.50. The average Bonchev–Trinajstić information content (AvgIpc) is 3.35. The van der Waals surface area contributed by atoms with Crippen molar-refractivity contribution in [2.75, 3.05) is 44.7 Å². The van der Waals surface area contributed by atoms with Gasteiger partial charge < -0.3 is 9.64 Å². The van der Waals surface area contributed by atoms with Crippen LogP contribution >= 0.6 is 0 Å². The van der Waals surface area contributed by atoms with Gasteiger partial charge in [0.05, 0.1) is 31.1 Å². The number of anilines is 1. The Balaban J connectivity index is 1.33. The van der Waals surface area contributed by atoms with Crippen molar-refractivity contribution in [1.29, 1.82) is 0 Å². The van der Waals surface area contributed by atoms with Crippen molar-refractivity contribution >= 4 is 17.3 Å². The van der Waals surface area contributed by atoms with Gasteiger partial charge in [0.1, 0.15) is 11.6 Å². The van der Waals surface area contributed by atoms with E-state index >= 15 is 0 Å². The minimum atomic E-state index is -0.209.